The lowest BCUT2D eigenvalue weighted by atomic mass is 10.1. The molecule has 2 aromatic rings. The van der Waals surface area contributed by atoms with Crippen LogP contribution in [0.5, 0.6) is 0 Å². The number of aromatic nitrogens is 4. The molecule has 0 radical (unpaired) electrons. The first-order valence-electron chi connectivity index (χ1n) is 7.97. The van der Waals surface area contributed by atoms with Crippen molar-refractivity contribution in [2.45, 2.75) is 58.7 Å². The average Bonchev–Trinajstić information content (AvgIpc) is 3.10. The van der Waals surface area contributed by atoms with E-state index in [1.807, 2.05) is 31.6 Å². The van der Waals surface area contributed by atoms with Crippen LogP contribution in [0.2, 0.25) is 0 Å². The summed E-state index contributed by atoms with van der Waals surface area (Å²) >= 11 is 1.62. The second-order valence-electron chi connectivity index (χ2n) is 5.82. The zero-order valence-electron chi connectivity index (χ0n) is 13.7. The Morgan fingerprint density at radius 2 is 2.35 bits per heavy atom. The van der Waals surface area contributed by atoms with Crippen molar-refractivity contribution >= 4 is 17.4 Å². The molecular weight excluding hydrogens is 312 g/mol. The number of carbonyl (C=O) groups is 1. The van der Waals surface area contributed by atoms with Gasteiger partial charge in [0.25, 0.3) is 0 Å². The van der Waals surface area contributed by atoms with Crippen molar-refractivity contribution in [3.8, 4) is 0 Å². The molecule has 23 heavy (non-hydrogen) atoms. The molecule has 2 N–H and O–H groups in total. The topological polar surface area (TPSA) is 84.7 Å². The van der Waals surface area contributed by atoms with Gasteiger partial charge in [0.2, 0.25) is 0 Å². The lowest BCUT2D eigenvalue weighted by molar-refractivity contribution is 0.228. The summed E-state index contributed by atoms with van der Waals surface area (Å²) in [5, 5.41) is 11.4. The highest BCUT2D eigenvalue weighted by molar-refractivity contribution is 7.11. The summed E-state index contributed by atoms with van der Waals surface area (Å²) in [5.74, 6) is 1.60. The van der Waals surface area contributed by atoms with Crippen molar-refractivity contribution < 1.29 is 4.79 Å². The normalized spacial score (nSPS) is 18.3. The van der Waals surface area contributed by atoms with Crippen LogP contribution in [0.25, 0.3) is 0 Å². The summed E-state index contributed by atoms with van der Waals surface area (Å²) in [6.45, 7) is 6.81. The predicted molar refractivity (Wildman–Crippen MR) is 88.3 cm³/mol. The molecule has 8 heteroatoms. The SMILES string of the molecule is CC[C@H](NC(=O)N[C@H]1CCCn2nc(C)nc21)c1ncc(C)s1. The molecular formula is C15H22N6OS. The molecule has 2 atom stereocenters. The molecule has 1 aliphatic rings. The molecule has 2 amide bonds. The second kappa shape index (κ2) is 6.66. The van der Waals surface area contributed by atoms with Crippen molar-refractivity contribution in [3.63, 3.8) is 0 Å². The van der Waals surface area contributed by atoms with Crippen molar-refractivity contribution in [3.05, 3.63) is 27.7 Å². The van der Waals surface area contributed by atoms with Crippen molar-refractivity contribution in [1.82, 2.24) is 30.4 Å². The van der Waals surface area contributed by atoms with Gasteiger partial charge in [-0.25, -0.2) is 19.4 Å². The summed E-state index contributed by atoms with van der Waals surface area (Å²) in [6, 6.07) is -0.318. The number of urea groups is 1. The summed E-state index contributed by atoms with van der Waals surface area (Å²) < 4.78 is 1.89. The third-order valence-corrected chi connectivity index (χ3v) is 4.96. The Balaban J connectivity index is 1.65. The number of fused-ring (bicyclic) bond motifs is 1. The summed E-state index contributed by atoms with van der Waals surface area (Å²) in [7, 11) is 0. The average molecular weight is 334 g/mol. The maximum absolute atomic E-state index is 12.4. The largest absolute Gasteiger partial charge is 0.329 e. The molecule has 0 fully saturated rings. The van der Waals surface area contributed by atoms with Crippen LogP contribution in [-0.2, 0) is 6.54 Å². The number of carbonyl (C=O) groups excluding carboxylic acids is 1. The number of nitrogens with one attached hydrogen (secondary N) is 2. The monoisotopic (exact) mass is 334 g/mol. The van der Waals surface area contributed by atoms with Crippen LogP contribution < -0.4 is 10.6 Å². The number of aryl methyl sites for hydroxylation is 3. The molecule has 7 nitrogen and oxygen atoms in total. The molecule has 0 unspecified atom stereocenters. The fourth-order valence-electron chi connectivity index (χ4n) is 2.83. The molecule has 0 spiro atoms. The van der Waals surface area contributed by atoms with E-state index in [9.17, 15) is 4.79 Å². The van der Waals surface area contributed by atoms with Gasteiger partial charge in [-0.15, -0.1) is 11.3 Å². The van der Waals surface area contributed by atoms with Crippen molar-refractivity contribution in [2.24, 2.45) is 0 Å². The minimum absolute atomic E-state index is 0.0584. The highest BCUT2D eigenvalue weighted by atomic mass is 32.1. The standard InChI is InChI=1S/C15H22N6OS/c1-4-11(14-16-8-9(2)23-14)18-15(22)19-12-6-5-7-21-13(12)17-10(3)20-21/h8,11-12H,4-7H2,1-3H3,(H2,18,19,22)/t11-,12-/m0/s1. The summed E-state index contributed by atoms with van der Waals surface area (Å²) in [6.07, 6.45) is 4.53. The van der Waals surface area contributed by atoms with Crippen LogP contribution in [-0.4, -0.2) is 25.8 Å². The maximum Gasteiger partial charge on any atom is 0.315 e. The van der Waals surface area contributed by atoms with E-state index < -0.39 is 0 Å². The van der Waals surface area contributed by atoms with Gasteiger partial charge in [-0.1, -0.05) is 6.92 Å². The van der Waals surface area contributed by atoms with Crippen molar-refractivity contribution in [1.29, 1.82) is 0 Å². The molecule has 3 heterocycles. The molecule has 3 rings (SSSR count). The Morgan fingerprint density at radius 1 is 1.52 bits per heavy atom. The third kappa shape index (κ3) is 3.52. The minimum Gasteiger partial charge on any atom is -0.329 e. The fourth-order valence-corrected chi connectivity index (χ4v) is 3.74. The number of amides is 2. The van der Waals surface area contributed by atoms with E-state index in [4.69, 9.17) is 0 Å². The second-order valence-corrected chi connectivity index (χ2v) is 7.09. The Hall–Kier alpha value is -1.96. The van der Waals surface area contributed by atoms with E-state index >= 15 is 0 Å². The Bertz CT molecular complexity index is 694. The van der Waals surface area contributed by atoms with Crippen molar-refractivity contribution in [2.75, 3.05) is 0 Å². The lowest BCUT2D eigenvalue weighted by Crippen LogP contribution is -2.41. The van der Waals surface area contributed by atoms with Gasteiger partial charge >= 0.3 is 6.03 Å². The quantitative estimate of drug-likeness (QED) is 0.900. The highest BCUT2D eigenvalue weighted by Gasteiger charge is 2.26. The van der Waals surface area contributed by atoms with Crippen LogP contribution in [0.15, 0.2) is 6.20 Å². The first-order valence-corrected chi connectivity index (χ1v) is 8.79. The first kappa shape index (κ1) is 15.9. The molecule has 124 valence electrons. The van der Waals surface area contributed by atoms with E-state index in [0.29, 0.717) is 0 Å². The molecule has 0 bridgehead atoms. The van der Waals surface area contributed by atoms with Gasteiger partial charge in [0.05, 0.1) is 12.1 Å². The fraction of sp³-hybridized carbons (Fsp3) is 0.600. The van der Waals surface area contributed by atoms with Crippen LogP contribution in [0.1, 0.15) is 59.8 Å². The van der Waals surface area contributed by atoms with E-state index in [2.05, 4.69) is 25.7 Å². The zero-order valence-corrected chi connectivity index (χ0v) is 14.5. The molecule has 0 saturated carbocycles. The zero-order chi connectivity index (χ0) is 16.4. The third-order valence-electron chi connectivity index (χ3n) is 3.94. The number of nitrogens with zero attached hydrogens (tertiary/aromatic N) is 4. The van der Waals surface area contributed by atoms with Crippen LogP contribution in [0.4, 0.5) is 4.79 Å². The molecule has 0 aliphatic carbocycles. The van der Waals surface area contributed by atoms with E-state index in [-0.39, 0.29) is 18.1 Å². The molecule has 1 aliphatic heterocycles. The number of hydrogen-bond donors (Lipinski definition) is 2. The highest BCUT2D eigenvalue weighted by Crippen LogP contribution is 2.24. The van der Waals surface area contributed by atoms with E-state index in [1.165, 1.54) is 0 Å². The maximum atomic E-state index is 12.4. The molecule has 2 aromatic heterocycles. The Morgan fingerprint density at radius 3 is 3.04 bits per heavy atom. The lowest BCUT2D eigenvalue weighted by Gasteiger charge is -2.24. The van der Waals surface area contributed by atoms with E-state index in [1.54, 1.807) is 11.3 Å². The first-order chi connectivity index (χ1) is 11.1. The smallest absolute Gasteiger partial charge is 0.315 e. The molecule has 0 aromatic carbocycles. The van der Waals surface area contributed by atoms with Gasteiger partial charge in [-0.05, 0) is 33.1 Å². The van der Waals surface area contributed by atoms with E-state index in [0.717, 1.165) is 47.3 Å². The number of hydrogen-bond acceptors (Lipinski definition) is 5. The predicted octanol–water partition coefficient (Wildman–Crippen LogP) is 2.64. The van der Waals surface area contributed by atoms with Crippen LogP contribution in [0.3, 0.4) is 0 Å². The van der Waals surface area contributed by atoms with Gasteiger partial charge in [0, 0.05) is 17.6 Å². The number of thiazole rings is 1. The summed E-state index contributed by atoms with van der Waals surface area (Å²) in [5.41, 5.74) is 0. The van der Waals surface area contributed by atoms with Gasteiger partial charge < -0.3 is 10.6 Å². The van der Waals surface area contributed by atoms with Gasteiger partial charge in [-0.2, -0.15) is 5.10 Å². The summed E-state index contributed by atoms with van der Waals surface area (Å²) in [4.78, 5) is 22.3. The Labute approximate surface area is 139 Å². The van der Waals surface area contributed by atoms with Gasteiger partial charge in [-0.3, -0.25) is 0 Å². The van der Waals surface area contributed by atoms with Crippen LogP contribution >= 0.6 is 11.3 Å². The van der Waals surface area contributed by atoms with Crippen LogP contribution in [0, 0.1) is 13.8 Å². The molecule has 0 saturated heterocycles. The van der Waals surface area contributed by atoms with Gasteiger partial charge in [0.1, 0.15) is 16.7 Å². The van der Waals surface area contributed by atoms with Gasteiger partial charge in [0.15, 0.2) is 0 Å². The Kier molecular flexibility index (Phi) is 4.61. The minimum atomic E-state index is -0.177. The number of rotatable bonds is 4.